The maximum atomic E-state index is 6.19. The Balaban J connectivity index is 1.60. The van der Waals surface area contributed by atoms with Crippen molar-refractivity contribution >= 4 is 11.6 Å². The zero-order valence-corrected chi connectivity index (χ0v) is 11.1. The highest BCUT2D eigenvalue weighted by Gasteiger charge is 2.19. The van der Waals surface area contributed by atoms with Gasteiger partial charge in [0.2, 0.25) is 0 Å². The molecule has 17 heavy (non-hydrogen) atoms. The lowest BCUT2D eigenvalue weighted by molar-refractivity contribution is 0.347. The number of halogens is 1. The number of benzene rings is 1. The van der Waals surface area contributed by atoms with Crippen molar-refractivity contribution in [1.82, 2.24) is 5.32 Å². The minimum Gasteiger partial charge on any atom is -0.316 e. The molecule has 0 aliphatic heterocycles. The van der Waals surface area contributed by atoms with E-state index in [1.165, 1.54) is 31.2 Å². The molecule has 1 aromatic rings. The summed E-state index contributed by atoms with van der Waals surface area (Å²) in [6.45, 7) is 2.21. The van der Waals surface area contributed by atoms with Crippen molar-refractivity contribution in [2.45, 2.75) is 37.5 Å². The van der Waals surface area contributed by atoms with Gasteiger partial charge in [0.05, 0.1) is 0 Å². The molecule has 0 saturated heterocycles. The molecule has 1 aromatic carbocycles. The minimum absolute atomic E-state index is 0.421. The molecule has 1 aliphatic rings. The topological polar surface area (TPSA) is 12.0 Å². The molecule has 1 nitrogen and oxygen atoms in total. The van der Waals surface area contributed by atoms with E-state index in [1.807, 2.05) is 0 Å². The van der Waals surface area contributed by atoms with Crippen molar-refractivity contribution in [1.29, 1.82) is 0 Å². The molecule has 2 unspecified atom stereocenters. The van der Waals surface area contributed by atoms with Crippen molar-refractivity contribution in [3.05, 3.63) is 35.9 Å². The molecule has 1 aliphatic carbocycles. The van der Waals surface area contributed by atoms with Crippen LogP contribution in [0.3, 0.4) is 0 Å². The van der Waals surface area contributed by atoms with E-state index >= 15 is 0 Å². The summed E-state index contributed by atoms with van der Waals surface area (Å²) in [7, 11) is 0. The van der Waals surface area contributed by atoms with E-state index in [0.29, 0.717) is 5.38 Å². The van der Waals surface area contributed by atoms with Crippen LogP contribution in [0, 0.1) is 5.92 Å². The highest BCUT2D eigenvalue weighted by molar-refractivity contribution is 6.20. The van der Waals surface area contributed by atoms with Crippen LogP contribution in [0.25, 0.3) is 0 Å². The van der Waals surface area contributed by atoms with Crippen LogP contribution >= 0.6 is 11.6 Å². The van der Waals surface area contributed by atoms with Crippen molar-refractivity contribution in [3.63, 3.8) is 0 Å². The summed E-state index contributed by atoms with van der Waals surface area (Å²) in [4.78, 5) is 0. The maximum absolute atomic E-state index is 6.19. The highest BCUT2D eigenvalue weighted by atomic mass is 35.5. The molecule has 0 bridgehead atoms. The number of hydrogen-bond acceptors (Lipinski definition) is 1. The average molecular weight is 252 g/mol. The van der Waals surface area contributed by atoms with Crippen LogP contribution in [0.2, 0.25) is 0 Å². The van der Waals surface area contributed by atoms with Gasteiger partial charge in [-0.05, 0) is 50.3 Å². The summed E-state index contributed by atoms with van der Waals surface area (Å²) in [5, 5.41) is 3.99. The molecule has 0 aromatic heterocycles. The fourth-order valence-corrected chi connectivity index (χ4v) is 3.00. The molecule has 94 valence electrons. The number of alkyl halides is 1. The Kier molecular flexibility index (Phi) is 5.34. The van der Waals surface area contributed by atoms with Gasteiger partial charge in [-0.25, -0.2) is 0 Å². The third-order valence-corrected chi connectivity index (χ3v) is 3.98. The Hall–Kier alpha value is -0.530. The van der Waals surface area contributed by atoms with Gasteiger partial charge in [-0.1, -0.05) is 36.8 Å². The SMILES string of the molecule is ClC1CCCC(CNCCc2ccccc2)C1. The fourth-order valence-electron chi connectivity index (χ4n) is 2.59. The van der Waals surface area contributed by atoms with Gasteiger partial charge in [0.1, 0.15) is 0 Å². The Morgan fingerprint density at radius 3 is 2.76 bits per heavy atom. The summed E-state index contributed by atoms with van der Waals surface area (Å²) in [5.41, 5.74) is 1.42. The fraction of sp³-hybridized carbons (Fsp3) is 0.600. The van der Waals surface area contributed by atoms with Crippen molar-refractivity contribution < 1.29 is 0 Å². The number of nitrogens with one attached hydrogen (secondary N) is 1. The van der Waals surface area contributed by atoms with E-state index in [2.05, 4.69) is 35.6 Å². The van der Waals surface area contributed by atoms with E-state index in [9.17, 15) is 0 Å². The summed E-state index contributed by atoms with van der Waals surface area (Å²) in [5.74, 6) is 0.794. The zero-order chi connectivity index (χ0) is 11.9. The summed E-state index contributed by atoms with van der Waals surface area (Å²) >= 11 is 6.19. The second kappa shape index (κ2) is 7.03. The standard InChI is InChI=1S/C15H22ClN/c16-15-8-4-7-14(11-15)12-17-10-9-13-5-2-1-3-6-13/h1-3,5-6,14-15,17H,4,7-12H2. The van der Waals surface area contributed by atoms with E-state index in [1.54, 1.807) is 0 Å². The molecule has 2 atom stereocenters. The third-order valence-electron chi connectivity index (χ3n) is 3.59. The molecule has 0 heterocycles. The van der Waals surface area contributed by atoms with Gasteiger partial charge in [-0.2, -0.15) is 0 Å². The molecule has 0 spiro atoms. The first-order chi connectivity index (χ1) is 8.34. The van der Waals surface area contributed by atoms with Crippen LogP contribution in [0.4, 0.5) is 0 Å². The van der Waals surface area contributed by atoms with Crippen LogP contribution in [0.5, 0.6) is 0 Å². The van der Waals surface area contributed by atoms with Gasteiger partial charge in [0.15, 0.2) is 0 Å². The molecular formula is C15H22ClN. The molecule has 0 radical (unpaired) electrons. The molecule has 2 heteroatoms. The average Bonchev–Trinajstić information content (AvgIpc) is 2.36. The lowest BCUT2D eigenvalue weighted by Gasteiger charge is -2.25. The van der Waals surface area contributed by atoms with Gasteiger partial charge < -0.3 is 5.32 Å². The lowest BCUT2D eigenvalue weighted by Crippen LogP contribution is -2.28. The first-order valence-corrected chi connectivity index (χ1v) is 7.17. The minimum atomic E-state index is 0.421. The van der Waals surface area contributed by atoms with E-state index in [-0.39, 0.29) is 0 Å². The number of hydrogen-bond donors (Lipinski definition) is 1. The first-order valence-electron chi connectivity index (χ1n) is 6.73. The Labute approximate surface area is 110 Å². The summed E-state index contributed by atoms with van der Waals surface area (Å²) in [6, 6.07) is 10.7. The van der Waals surface area contributed by atoms with Crippen LogP contribution in [-0.2, 0) is 6.42 Å². The van der Waals surface area contributed by atoms with Gasteiger partial charge in [0, 0.05) is 5.38 Å². The normalized spacial score (nSPS) is 24.8. The lowest BCUT2D eigenvalue weighted by atomic mass is 9.89. The maximum Gasteiger partial charge on any atom is 0.0339 e. The number of rotatable bonds is 5. The van der Waals surface area contributed by atoms with Crippen molar-refractivity contribution in [2.75, 3.05) is 13.1 Å². The molecule has 1 fully saturated rings. The predicted octanol–water partition coefficient (Wildman–Crippen LogP) is 3.62. The van der Waals surface area contributed by atoms with Gasteiger partial charge in [-0.3, -0.25) is 0 Å². The summed E-state index contributed by atoms with van der Waals surface area (Å²) < 4.78 is 0. The van der Waals surface area contributed by atoms with Gasteiger partial charge in [0.25, 0.3) is 0 Å². The zero-order valence-electron chi connectivity index (χ0n) is 10.4. The summed E-state index contributed by atoms with van der Waals surface area (Å²) in [6.07, 6.45) is 6.18. The van der Waals surface area contributed by atoms with Crippen molar-refractivity contribution in [2.24, 2.45) is 5.92 Å². The molecule has 1 saturated carbocycles. The van der Waals surface area contributed by atoms with Gasteiger partial charge >= 0.3 is 0 Å². The molecular weight excluding hydrogens is 230 g/mol. The third kappa shape index (κ3) is 4.69. The Bertz CT molecular complexity index is 312. The quantitative estimate of drug-likeness (QED) is 0.623. The van der Waals surface area contributed by atoms with Crippen LogP contribution in [-0.4, -0.2) is 18.5 Å². The Morgan fingerprint density at radius 1 is 1.18 bits per heavy atom. The smallest absolute Gasteiger partial charge is 0.0339 e. The molecule has 2 rings (SSSR count). The van der Waals surface area contributed by atoms with Crippen LogP contribution in [0.15, 0.2) is 30.3 Å². The first kappa shape index (κ1) is 12.9. The molecule has 1 N–H and O–H groups in total. The molecule has 0 amide bonds. The van der Waals surface area contributed by atoms with Crippen molar-refractivity contribution in [3.8, 4) is 0 Å². The second-order valence-electron chi connectivity index (χ2n) is 5.07. The predicted molar refractivity (Wildman–Crippen MR) is 74.6 cm³/mol. The van der Waals surface area contributed by atoms with E-state index in [4.69, 9.17) is 11.6 Å². The van der Waals surface area contributed by atoms with Crippen LogP contribution < -0.4 is 5.32 Å². The van der Waals surface area contributed by atoms with Crippen LogP contribution in [0.1, 0.15) is 31.2 Å². The Morgan fingerprint density at radius 2 is 2.00 bits per heavy atom. The van der Waals surface area contributed by atoms with E-state index in [0.717, 1.165) is 25.4 Å². The second-order valence-corrected chi connectivity index (χ2v) is 5.69. The highest BCUT2D eigenvalue weighted by Crippen LogP contribution is 2.27. The van der Waals surface area contributed by atoms with Gasteiger partial charge in [-0.15, -0.1) is 11.6 Å². The largest absolute Gasteiger partial charge is 0.316 e. The monoisotopic (exact) mass is 251 g/mol. The van der Waals surface area contributed by atoms with E-state index < -0.39 is 0 Å².